The van der Waals surface area contributed by atoms with Gasteiger partial charge in [0.25, 0.3) is 0 Å². The van der Waals surface area contributed by atoms with Crippen LogP contribution >= 0.6 is 0 Å². The highest BCUT2D eigenvalue weighted by Gasteiger charge is 2.25. The average molecular weight is 212 g/mol. The maximum atomic E-state index is 3.46. The third-order valence-corrected chi connectivity index (χ3v) is 3.59. The van der Waals surface area contributed by atoms with Gasteiger partial charge in [-0.1, -0.05) is 20.3 Å². The van der Waals surface area contributed by atoms with Crippen molar-refractivity contribution >= 4 is 0 Å². The molecule has 0 bridgehead atoms. The summed E-state index contributed by atoms with van der Waals surface area (Å²) < 4.78 is 0. The monoisotopic (exact) mass is 212 g/mol. The van der Waals surface area contributed by atoms with Gasteiger partial charge < -0.3 is 10.2 Å². The van der Waals surface area contributed by atoms with Crippen LogP contribution < -0.4 is 5.32 Å². The molecule has 0 amide bonds. The minimum absolute atomic E-state index is 0.789. The van der Waals surface area contributed by atoms with Gasteiger partial charge >= 0.3 is 0 Å². The minimum atomic E-state index is 0.789. The number of rotatable bonds is 6. The fraction of sp³-hybridized carbons (Fsp3) is 1.00. The summed E-state index contributed by atoms with van der Waals surface area (Å²) in [5.41, 5.74) is 0. The first-order valence-electron chi connectivity index (χ1n) is 6.49. The van der Waals surface area contributed by atoms with Gasteiger partial charge in [-0.15, -0.1) is 0 Å². The van der Waals surface area contributed by atoms with Crippen LogP contribution in [0.25, 0.3) is 0 Å². The van der Waals surface area contributed by atoms with Crippen LogP contribution in [0, 0.1) is 11.8 Å². The summed E-state index contributed by atoms with van der Waals surface area (Å²) in [7, 11) is 4.37. The first kappa shape index (κ1) is 13.0. The van der Waals surface area contributed by atoms with Crippen molar-refractivity contribution in [2.24, 2.45) is 11.8 Å². The molecule has 1 fully saturated rings. The Labute approximate surface area is 95.4 Å². The summed E-state index contributed by atoms with van der Waals surface area (Å²) in [6, 6.07) is 0.789. The Bertz CT molecular complexity index is 168. The molecule has 0 heterocycles. The summed E-state index contributed by atoms with van der Waals surface area (Å²) in [6.07, 6.45) is 5.61. The Morgan fingerprint density at radius 1 is 1.33 bits per heavy atom. The molecule has 0 aromatic carbocycles. The Hall–Kier alpha value is -0.0800. The summed E-state index contributed by atoms with van der Waals surface area (Å²) in [5.74, 6) is 1.71. The lowest BCUT2D eigenvalue weighted by molar-refractivity contribution is 0.260. The lowest BCUT2D eigenvalue weighted by atomic mass is 9.99. The molecular formula is C13H28N2. The van der Waals surface area contributed by atoms with Gasteiger partial charge in [0.15, 0.2) is 0 Å². The molecule has 0 saturated heterocycles. The summed E-state index contributed by atoms with van der Waals surface area (Å²) in [6.45, 7) is 7.09. The Balaban J connectivity index is 2.18. The molecule has 1 aliphatic carbocycles. The molecule has 1 aliphatic rings. The van der Waals surface area contributed by atoms with Gasteiger partial charge in [-0.05, 0) is 51.7 Å². The van der Waals surface area contributed by atoms with E-state index in [1.807, 2.05) is 0 Å². The van der Waals surface area contributed by atoms with Gasteiger partial charge in [0.1, 0.15) is 0 Å². The molecule has 0 aromatic heterocycles. The maximum Gasteiger partial charge on any atom is 0.00928 e. The van der Waals surface area contributed by atoms with Crippen LogP contribution in [0.2, 0.25) is 0 Å². The van der Waals surface area contributed by atoms with E-state index in [1.54, 1.807) is 0 Å². The molecule has 1 N–H and O–H groups in total. The molecule has 2 heteroatoms. The Morgan fingerprint density at radius 3 is 2.67 bits per heavy atom. The van der Waals surface area contributed by atoms with Gasteiger partial charge in [-0.2, -0.15) is 0 Å². The van der Waals surface area contributed by atoms with Crippen molar-refractivity contribution in [2.45, 2.75) is 45.6 Å². The molecular weight excluding hydrogens is 184 g/mol. The highest BCUT2D eigenvalue weighted by molar-refractivity contribution is 4.82. The first-order chi connectivity index (χ1) is 7.13. The molecule has 0 aromatic rings. The minimum Gasteiger partial charge on any atom is -0.317 e. The molecule has 0 aliphatic heterocycles. The van der Waals surface area contributed by atoms with Gasteiger partial charge in [0.2, 0.25) is 0 Å². The van der Waals surface area contributed by atoms with Gasteiger partial charge in [0, 0.05) is 12.6 Å². The summed E-state index contributed by atoms with van der Waals surface area (Å²) in [5, 5.41) is 3.46. The van der Waals surface area contributed by atoms with E-state index in [-0.39, 0.29) is 0 Å². The topological polar surface area (TPSA) is 15.3 Å². The maximum absolute atomic E-state index is 3.46. The van der Waals surface area contributed by atoms with Crippen molar-refractivity contribution in [1.82, 2.24) is 10.2 Å². The molecule has 2 nitrogen and oxygen atoms in total. The van der Waals surface area contributed by atoms with E-state index >= 15 is 0 Å². The molecule has 0 spiro atoms. The van der Waals surface area contributed by atoms with E-state index in [0.29, 0.717) is 0 Å². The van der Waals surface area contributed by atoms with Crippen molar-refractivity contribution in [3.63, 3.8) is 0 Å². The third-order valence-electron chi connectivity index (χ3n) is 3.59. The van der Waals surface area contributed by atoms with Crippen molar-refractivity contribution < 1.29 is 0 Å². The van der Waals surface area contributed by atoms with E-state index in [4.69, 9.17) is 0 Å². The van der Waals surface area contributed by atoms with Crippen LogP contribution in [0.3, 0.4) is 0 Å². The van der Waals surface area contributed by atoms with Crippen LogP contribution in [0.15, 0.2) is 0 Å². The molecule has 2 unspecified atom stereocenters. The Morgan fingerprint density at radius 2 is 2.07 bits per heavy atom. The SMILES string of the molecule is CNC1CCCC1CCN(C)CC(C)C. The van der Waals surface area contributed by atoms with E-state index in [0.717, 1.165) is 17.9 Å². The zero-order valence-corrected chi connectivity index (χ0v) is 10.9. The number of nitrogens with zero attached hydrogens (tertiary/aromatic N) is 1. The van der Waals surface area contributed by atoms with Crippen molar-refractivity contribution in [1.29, 1.82) is 0 Å². The predicted octanol–water partition coefficient (Wildman–Crippen LogP) is 2.35. The third kappa shape index (κ3) is 4.52. The van der Waals surface area contributed by atoms with E-state index in [1.165, 1.54) is 38.8 Å². The molecule has 15 heavy (non-hydrogen) atoms. The highest BCUT2D eigenvalue weighted by Crippen LogP contribution is 2.28. The van der Waals surface area contributed by atoms with Crippen LogP contribution in [-0.4, -0.2) is 38.1 Å². The average Bonchev–Trinajstić information content (AvgIpc) is 2.60. The predicted molar refractivity (Wildman–Crippen MR) is 67.1 cm³/mol. The second kappa shape index (κ2) is 6.49. The van der Waals surface area contributed by atoms with E-state index in [9.17, 15) is 0 Å². The standard InChI is InChI=1S/C13H28N2/c1-11(2)10-15(4)9-8-12-6-5-7-13(12)14-3/h11-14H,5-10H2,1-4H3. The quantitative estimate of drug-likeness (QED) is 0.727. The smallest absolute Gasteiger partial charge is 0.00928 e. The number of hydrogen-bond acceptors (Lipinski definition) is 2. The lowest BCUT2D eigenvalue weighted by Crippen LogP contribution is -2.32. The molecule has 90 valence electrons. The summed E-state index contributed by atoms with van der Waals surface area (Å²) >= 11 is 0. The van der Waals surface area contributed by atoms with Gasteiger partial charge in [0.05, 0.1) is 0 Å². The normalized spacial score (nSPS) is 26.8. The fourth-order valence-electron chi connectivity index (χ4n) is 2.86. The van der Waals surface area contributed by atoms with Crippen molar-refractivity contribution in [2.75, 3.05) is 27.2 Å². The molecule has 1 saturated carbocycles. The first-order valence-corrected chi connectivity index (χ1v) is 6.49. The number of hydrogen-bond donors (Lipinski definition) is 1. The number of nitrogens with one attached hydrogen (secondary N) is 1. The summed E-state index contributed by atoms with van der Waals surface area (Å²) in [4.78, 5) is 2.48. The molecule has 2 atom stereocenters. The lowest BCUT2D eigenvalue weighted by Gasteiger charge is -2.24. The van der Waals surface area contributed by atoms with E-state index in [2.05, 4.69) is 38.2 Å². The zero-order chi connectivity index (χ0) is 11.3. The molecule has 1 rings (SSSR count). The van der Waals surface area contributed by atoms with Crippen molar-refractivity contribution in [3.8, 4) is 0 Å². The largest absolute Gasteiger partial charge is 0.317 e. The van der Waals surface area contributed by atoms with Gasteiger partial charge in [-0.25, -0.2) is 0 Å². The van der Waals surface area contributed by atoms with Crippen LogP contribution in [0.4, 0.5) is 0 Å². The van der Waals surface area contributed by atoms with Crippen LogP contribution in [-0.2, 0) is 0 Å². The fourth-order valence-corrected chi connectivity index (χ4v) is 2.86. The second-order valence-corrected chi connectivity index (χ2v) is 5.53. The Kier molecular flexibility index (Phi) is 5.62. The van der Waals surface area contributed by atoms with Crippen LogP contribution in [0.5, 0.6) is 0 Å². The van der Waals surface area contributed by atoms with Crippen LogP contribution in [0.1, 0.15) is 39.5 Å². The zero-order valence-electron chi connectivity index (χ0n) is 10.9. The highest BCUT2D eigenvalue weighted by atomic mass is 15.1. The van der Waals surface area contributed by atoms with E-state index < -0.39 is 0 Å². The molecule has 0 radical (unpaired) electrons. The van der Waals surface area contributed by atoms with Gasteiger partial charge in [-0.3, -0.25) is 0 Å². The second-order valence-electron chi connectivity index (χ2n) is 5.53. The van der Waals surface area contributed by atoms with Crippen molar-refractivity contribution in [3.05, 3.63) is 0 Å².